The molecule has 4 rings (SSSR count). The van der Waals surface area contributed by atoms with Crippen LogP contribution in [-0.2, 0) is 9.59 Å². The number of fused-ring (bicyclic) bond motifs is 1. The van der Waals surface area contributed by atoms with E-state index in [4.69, 9.17) is 0 Å². The van der Waals surface area contributed by atoms with Gasteiger partial charge in [0.25, 0.3) is 0 Å². The highest BCUT2D eigenvalue weighted by atomic mass is 16.1. The predicted octanol–water partition coefficient (Wildman–Crippen LogP) is 4.89. The van der Waals surface area contributed by atoms with Gasteiger partial charge >= 0.3 is 0 Å². The molecule has 0 aromatic rings. The average Bonchev–Trinajstić information content (AvgIpc) is 2.78. The highest BCUT2D eigenvalue weighted by Gasteiger charge is 2.32. The molecule has 0 aliphatic heterocycles. The summed E-state index contributed by atoms with van der Waals surface area (Å²) in [6.45, 7) is 4.54. The van der Waals surface area contributed by atoms with Crippen LogP contribution >= 0.6 is 0 Å². The first kappa shape index (κ1) is 21.1. The molecule has 0 saturated heterocycles. The first-order valence-electron chi connectivity index (χ1n) is 12.1. The van der Waals surface area contributed by atoms with Crippen molar-refractivity contribution >= 4 is 11.6 Å². The van der Waals surface area contributed by atoms with Gasteiger partial charge in [0, 0.05) is 23.5 Å². The summed E-state index contributed by atoms with van der Waals surface area (Å²) in [6, 6.07) is 0.766. The molecule has 4 aliphatic carbocycles. The minimum atomic E-state index is -0.0623. The van der Waals surface area contributed by atoms with Gasteiger partial charge in [-0.1, -0.05) is 26.7 Å². The van der Waals surface area contributed by atoms with Crippen molar-refractivity contribution in [3.05, 3.63) is 46.8 Å². The quantitative estimate of drug-likeness (QED) is 0.657. The van der Waals surface area contributed by atoms with Crippen molar-refractivity contribution in [2.24, 2.45) is 11.8 Å². The number of nitrogens with one attached hydrogen (secondary N) is 2. The van der Waals surface area contributed by atoms with Crippen LogP contribution in [0.4, 0.5) is 0 Å². The molecule has 4 heteroatoms. The molecule has 0 amide bonds. The second-order valence-electron chi connectivity index (χ2n) is 9.51. The fourth-order valence-corrected chi connectivity index (χ4v) is 5.54. The lowest BCUT2D eigenvalue weighted by Gasteiger charge is -2.33. The predicted molar refractivity (Wildman–Crippen MR) is 121 cm³/mol. The van der Waals surface area contributed by atoms with Gasteiger partial charge in [-0.3, -0.25) is 9.59 Å². The standard InChI is InChI=1S/C26H36N2O2/c1-3-17-5-9-19(10-6-17)27-21-13-15-24(30)26-22(14-16-23(29)25(21)26)28-20-11-7-18(4-2)8-12-20/h13-20,27-28H,3-12H2,1-2H3/t17-,18-,19-,20-. The molecule has 0 aromatic heterocycles. The summed E-state index contributed by atoms with van der Waals surface area (Å²) in [6.07, 6.45) is 18.9. The summed E-state index contributed by atoms with van der Waals surface area (Å²) in [7, 11) is 0. The van der Waals surface area contributed by atoms with Gasteiger partial charge in [-0.05, 0) is 87.5 Å². The van der Waals surface area contributed by atoms with Crippen LogP contribution in [0.2, 0.25) is 0 Å². The average molecular weight is 409 g/mol. The fraction of sp³-hybridized carbons (Fsp3) is 0.615. The Hall–Kier alpha value is -2.10. The van der Waals surface area contributed by atoms with Crippen molar-refractivity contribution in [3.8, 4) is 0 Å². The van der Waals surface area contributed by atoms with E-state index in [9.17, 15) is 9.59 Å². The molecule has 0 radical (unpaired) electrons. The molecular formula is C26H36N2O2. The van der Waals surface area contributed by atoms with Crippen molar-refractivity contribution in [2.45, 2.75) is 90.1 Å². The van der Waals surface area contributed by atoms with Crippen LogP contribution in [-0.4, -0.2) is 23.7 Å². The molecule has 2 fully saturated rings. The number of ketones is 2. The molecule has 0 heterocycles. The van der Waals surface area contributed by atoms with Gasteiger partial charge in [-0.25, -0.2) is 0 Å². The van der Waals surface area contributed by atoms with Crippen LogP contribution < -0.4 is 10.6 Å². The minimum absolute atomic E-state index is 0.0623. The Labute approximate surface area is 181 Å². The van der Waals surface area contributed by atoms with E-state index in [0.717, 1.165) is 48.9 Å². The lowest BCUT2D eigenvalue weighted by atomic mass is 9.82. The van der Waals surface area contributed by atoms with Crippen LogP contribution in [0.3, 0.4) is 0 Å². The van der Waals surface area contributed by atoms with Crippen LogP contribution in [0.25, 0.3) is 0 Å². The second-order valence-corrected chi connectivity index (χ2v) is 9.51. The van der Waals surface area contributed by atoms with Gasteiger partial charge in [0.1, 0.15) is 0 Å². The van der Waals surface area contributed by atoms with Gasteiger partial charge in [-0.15, -0.1) is 0 Å². The highest BCUT2D eigenvalue weighted by Crippen LogP contribution is 2.33. The molecule has 162 valence electrons. The van der Waals surface area contributed by atoms with E-state index in [1.165, 1.54) is 38.5 Å². The van der Waals surface area contributed by atoms with Crippen LogP contribution in [0, 0.1) is 11.8 Å². The Morgan fingerprint density at radius 3 is 1.33 bits per heavy atom. The monoisotopic (exact) mass is 408 g/mol. The topological polar surface area (TPSA) is 58.2 Å². The maximum Gasteiger partial charge on any atom is 0.188 e. The van der Waals surface area contributed by atoms with Gasteiger partial charge < -0.3 is 10.6 Å². The normalized spacial score (nSPS) is 31.8. The Morgan fingerprint density at radius 2 is 1.00 bits per heavy atom. The SMILES string of the molecule is CC[C@H]1CC[C@H](NC2=C3C(=O)C=CC(N[C@H]4CC[C@H](CC)CC4)=C3C(=O)C=C2)CC1. The van der Waals surface area contributed by atoms with Gasteiger partial charge in [0.2, 0.25) is 0 Å². The summed E-state index contributed by atoms with van der Waals surface area (Å²) in [5, 5.41) is 7.23. The van der Waals surface area contributed by atoms with Crippen molar-refractivity contribution in [1.29, 1.82) is 0 Å². The summed E-state index contributed by atoms with van der Waals surface area (Å²) in [4.78, 5) is 25.6. The van der Waals surface area contributed by atoms with Crippen molar-refractivity contribution in [1.82, 2.24) is 10.6 Å². The third-order valence-electron chi connectivity index (χ3n) is 7.65. The lowest BCUT2D eigenvalue weighted by Crippen LogP contribution is -2.37. The van der Waals surface area contributed by atoms with E-state index in [-0.39, 0.29) is 11.6 Å². The molecule has 4 nitrogen and oxygen atoms in total. The molecule has 2 saturated carbocycles. The van der Waals surface area contributed by atoms with E-state index in [1.807, 2.05) is 12.2 Å². The summed E-state index contributed by atoms with van der Waals surface area (Å²) < 4.78 is 0. The summed E-state index contributed by atoms with van der Waals surface area (Å²) in [5.41, 5.74) is 2.78. The maximum atomic E-state index is 12.8. The van der Waals surface area contributed by atoms with Crippen LogP contribution in [0.5, 0.6) is 0 Å². The lowest BCUT2D eigenvalue weighted by molar-refractivity contribution is -0.114. The van der Waals surface area contributed by atoms with E-state index in [2.05, 4.69) is 24.5 Å². The molecule has 0 bridgehead atoms. The number of rotatable bonds is 6. The Morgan fingerprint density at radius 1 is 0.633 bits per heavy atom. The first-order valence-corrected chi connectivity index (χ1v) is 12.1. The highest BCUT2D eigenvalue weighted by molar-refractivity contribution is 6.23. The summed E-state index contributed by atoms with van der Waals surface area (Å²) >= 11 is 0. The molecule has 0 aromatic carbocycles. The molecule has 0 unspecified atom stereocenters. The zero-order valence-corrected chi connectivity index (χ0v) is 18.5. The van der Waals surface area contributed by atoms with E-state index >= 15 is 0 Å². The molecule has 2 N–H and O–H groups in total. The molecule has 0 spiro atoms. The van der Waals surface area contributed by atoms with Gasteiger partial charge in [0.05, 0.1) is 11.1 Å². The van der Waals surface area contributed by atoms with Crippen LogP contribution in [0.15, 0.2) is 46.8 Å². The Kier molecular flexibility index (Phi) is 6.60. The van der Waals surface area contributed by atoms with E-state index < -0.39 is 0 Å². The van der Waals surface area contributed by atoms with Gasteiger partial charge in [0.15, 0.2) is 11.6 Å². The smallest absolute Gasteiger partial charge is 0.188 e. The van der Waals surface area contributed by atoms with Crippen molar-refractivity contribution in [2.75, 3.05) is 0 Å². The van der Waals surface area contributed by atoms with Crippen LogP contribution in [0.1, 0.15) is 78.1 Å². The summed E-state index contributed by atoms with van der Waals surface area (Å²) in [5.74, 6) is 1.54. The number of hydrogen-bond donors (Lipinski definition) is 2. The molecule has 4 aliphatic rings. The third kappa shape index (κ3) is 4.48. The number of allylic oxidation sites excluding steroid dienone is 6. The largest absolute Gasteiger partial charge is 0.382 e. The van der Waals surface area contributed by atoms with E-state index in [1.54, 1.807) is 12.2 Å². The number of carbonyl (C=O) groups excluding carboxylic acids is 2. The zero-order chi connectivity index (χ0) is 21.1. The number of carbonyl (C=O) groups is 2. The molecule has 30 heavy (non-hydrogen) atoms. The Balaban J connectivity index is 1.53. The minimum Gasteiger partial charge on any atom is -0.382 e. The second kappa shape index (κ2) is 9.36. The van der Waals surface area contributed by atoms with Crippen molar-refractivity contribution < 1.29 is 9.59 Å². The van der Waals surface area contributed by atoms with Gasteiger partial charge in [-0.2, -0.15) is 0 Å². The fourth-order valence-electron chi connectivity index (χ4n) is 5.54. The molecular weight excluding hydrogens is 372 g/mol. The molecule has 0 atom stereocenters. The zero-order valence-electron chi connectivity index (χ0n) is 18.5. The van der Waals surface area contributed by atoms with Crippen molar-refractivity contribution in [3.63, 3.8) is 0 Å². The first-order chi connectivity index (χ1) is 14.6. The number of hydrogen-bond acceptors (Lipinski definition) is 4. The van der Waals surface area contributed by atoms with E-state index in [0.29, 0.717) is 23.2 Å². The third-order valence-corrected chi connectivity index (χ3v) is 7.65. The Bertz CT molecular complexity index is 733. The maximum absolute atomic E-state index is 12.8.